The third kappa shape index (κ3) is 6.38. The summed E-state index contributed by atoms with van der Waals surface area (Å²) in [4.78, 5) is 26.6. The van der Waals surface area contributed by atoms with E-state index in [9.17, 15) is 15.2 Å². The van der Waals surface area contributed by atoms with Crippen molar-refractivity contribution in [2.75, 3.05) is 62.8 Å². The van der Waals surface area contributed by atoms with Crippen LogP contribution >= 0.6 is 0 Å². The van der Waals surface area contributed by atoms with Gasteiger partial charge < -0.3 is 30.1 Å². The average molecular weight is 542 g/mol. The highest BCUT2D eigenvalue weighted by Crippen LogP contribution is 2.28. The molecule has 0 unspecified atom stereocenters. The second-order valence-electron chi connectivity index (χ2n) is 9.63. The number of likely N-dealkylation sites (tertiary alicyclic amines) is 1. The first-order valence-electron chi connectivity index (χ1n) is 13.1. The van der Waals surface area contributed by atoms with Crippen LogP contribution in [0.3, 0.4) is 0 Å². The Hall–Kier alpha value is -4.50. The van der Waals surface area contributed by atoms with Crippen molar-refractivity contribution in [3.63, 3.8) is 0 Å². The normalized spacial score (nSPS) is 16.7. The SMILES string of the molecule is N#Cc1cc(-c2ccnc(Nc3cccc(N4CCN(CO)CC4)c3)n2)ccc1O/C=C1\CCN(C(=O)CO)C1. The maximum absolute atomic E-state index is 11.7. The number of aliphatic hydroxyl groups is 2. The van der Waals surface area contributed by atoms with Crippen LogP contribution < -0.4 is 15.0 Å². The Kier molecular flexibility index (Phi) is 8.51. The standard InChI is InChI=1S/C29H31N7O4/c30-16-23-14-22(4-5-27(23)40-19-21-7-9-36(17-21)28(39)18-37)26-6-8-31-29(33-26)32-24-2-1-3-25(15-24)35-12-10-34(20-38)11-13-35/h1-6,8,14-15,19,37-38H,7,9-13,17-18,20H2,(H,31,32,33)/b21-19+. The molecule has 0 bridgehead atoms. The molecule has 3 heterocycles. The number of amides is 1. The van der Waals surface area contributed by atoms with E-state index in [-0.39, 0.29) is 12.6 Å². The van der Waals surface area contributed by atoms with Gasteiger partial charge in [0.1, 0.15) is 18.4 Å². The maximum atomic E-state index is 11.7. The van der Waals surface area contributed by atoms with Gasteiger partial charge in [-0.1, -0.05) is 6.07 Å². The van der Waals surface area contributed by atoms with Gasteiger partial charge in [0.25, 0.3) is 0 Å². The molecular weight excluding hydrogens is 510 g/mol. The maximum Gasteiger partial charge on any atom is 0.248 e. The number of carbonyl (C=O) groups excluding carboxylic acids is 1. The fraction of sp³-hybridized carbons (Fsp3) is 0.310. The third-order valence-electron chi connectivity index (χ3n) is 7.03. The van der Waals surface area contributed by atoms with Crippen LogP contribution in [0.1, 0.15) is 12.0 Å². The Bertz CT molecular complexity index is 1430. The van der Waals surface area contributed by atoms with Gasteiger partial charge in [-0.2, -0.15) is 5.26 Å². The van der Waals surface area contributed by atoms with Gasteiger partial charge >= 0.3 is 0 Å². The van der Waals surface area contributed by atoms with Gasteiger partial charge in [-0.15, -0.1) is 0 Å². The van der Waals surface area contributed by atoms with Gasteiger partial charge in [0.2, 0.25) is 11.9 Å². The Morgan fingerprint density at radius 2 is 1.95 bits per heavy atom. The van der Waals surface area contributed by atoms with E-state index in [2.05, 4.69) is 38.4 Å². The van der Waals surface area contributed by atoms with E-state index in [1.807, 2.05) is 23.1 Å². The zero-order valence-electron chi connectivity index (χ0n) is 22.0. The number of piperazine rings is 1. The lowest BCUT2D eigenvalue weighted by molar-refractivity contribution is -0.132. The van der Waals surface area contributed by atoms with Gasteiger partial charge in [0, 0.05) is 62.4 Å². The molecule has 1 aromatic heterocycles. The molecule has 0 aliphatic carbocycles. The number of hydrogen-bond donors (Lipinski definition) is 3. The first-order chi connectivity index (χ1) is 19.6. The zero-order valence-corrected chi connectivity index (χ0v) is 22.0. The minimum absolute atomic E-state index is 0.0842. The highest BCUT2D eigenvalue weighted by Gasteiger charge is 2.21. The monoisotopic (exact) mass is 541 g/mol. The fourth-order valence-electron chi connectivity index (χ4n) is 4.75. The minimum Gasteiger partial charge on any atom is -0.464 e. The van der Waals surface area contributed by atoms with Crippen LogP contribution in [0.25, 0.3) is 11.3 Å². The van der Waals surface area contributed by atoms with Crippen molar-refractivity contribution in [1.29, 1.82) is 5.26 Å². The van der Waals surface area contributed by atoms with Gasteiger partial charge in [-0.25, -0.2) is 9.97 Å². The van der Waals surface area contributed by atoms with Crippen LogP contribution in [0, 0.1) is 11.3 Å². The lowest BCUT2D eigenvalue weighted by atomic mass is 10.1. The van der Waals surface area contributed by atoms with Crippen molar-refractivity contribution in [1.82, 2.24) is 19.8 Å². The fourth-order valence-corrected chi connectivity index (χ4v) is 4.75. The molecule has 206 valence electrons. The van der Waals surface area contributed by atoms with E-state index in [0.29, 0.717) is 42.5 Å². The quantitative estimate of drug-likeness (QED) is 0.364. The summed E-state index contributed by atoms with van der Waals surface area (Å²) in [6.45, 7) is 3.83. The van der Waals surface area contributed by atoms with Crippen molar-refractivity contribution in [2.24, 2.45) is 0 Å². The van der Waals surface area contributed by atoms with Crippen LogP contribution in [-0.2, 0) is 4.79 Å². The molecule has 2 aromatic carbocycles. The summed E-state index contributed by atoms with van der Waals surface area (Å²) < 4.78 is 5.79. The average Bonchev–Trinajstić information content (AvgIpc) is 3.49. The van der Waals surface area contributed by atoms with Gasteiger partial charge in [-0.05, 0) is 54.5 Å². The number of nitrogens with one attached hydrogen (secondary N) is 1. The summed E-state index contributed by atoms with van der Waals surface area (Å²) in [6.07, 6.45) is 3.91. The molecule has 0 spiro atoms. The smallest absolute Gasteiger partial charge is 0.248 e. The molecule has 11 heteroatoms. The minimum atomic E-state index is -0.509. The van der Waals surface area contributed by atoms with Crippen LogP contribution in [-0.4, -0.2) is 88.5 Å². The van der Waals surface area contributed by atoms with E-state index in [1.165, 1.54) is 0 Å². The van der Waals surface area contributed by atoms with E-state index in [0.717, 1.165) is 48.7 Å². The van der Waals surface area contributed by atoms with E-state index in [1.54, 1.807) is 35.6 Å². The molecule has 0 radical (unpaired) electrons. The molecule has 0 saturated carbocycles. The van der Waals surface area contributed by atoms with Crippen LogP contribution in [0.4, 0.5) is 17.3 Å². The first-order valence-corrected chi connectivity index (χ1v) is 13.1. The number of nitrogens with zero attached hydrogens (tertiary/aromatic N) is 6. The first kappa shape index (κ1) is 27.1. The van der Waals surface area contributed by atoms with Crippen molar-refractivity contribution in [2.45, 2.75) is 6.42 Å². The van der Waals surface area contributed by atoms with Gasteiger partial charge in [0.05, 0.1) is 24.3 Å². The number of carbonyl (C=O) groups is 1. The van der Waals surface area contributed by atoms with Crippen molar-refractivity contribution in [3.05, 3.63) is 72.1 Å². The second kappa shape index (κ2) is 12.6. The van der Waals surface area contributed by atoms with Crippen molar-refractivity contribution < 1.29 is 19.7 Å². The highest BCUT2D eigenvalue weighted by atomic mass is 16.5. The summed E-state index contributed by atoms with van der Waals surface area (Å²) in [5.74, 6) is 0.537. The third-order valence-corrected chi connectivity index (χ3v) is 7.03. The molecule has 3 aromatic rings. The molecule has 3 N–H and O–H groups in total. The predicted molar refractivity (Wildman–Crippen MR) is 150 cm³/mol. The Balaban J connectivity index is 1.27. The van der Waals surface area contributed by atoms with Crippen molar-refractivity contribution >= 4 is 23.2 Å². The van der Waals surface area contributed by atoms with Crippen LogP contribution in [0.2, 0.25) is 0 Å². The molecule has 2 aliphatic heterocycles. The van der Waals surface area contributed by atoms with Gasteiger partial charge in [-0.3, -0.25) is 9.69 Å². The van der Waals surface area contributed by atoms with Gasteiger partial charge in [0.15, 0.2) is 0 Å². The molecule has 2 aliphatic rings. The molecule has 40 heavy (non-hydrogen) atoms. The number of anilines is 3. The predicted octanol–water partition coefficient (Wildman–Crippen LogP) is 2.32. The van der Waals surface area contributed by atoms with Crippen LogP contribution in [0.15, 0.2) is 66.6 Å². The molecule has 5 rings (SSSR count). The number of aliphatic hydroxyl groups excluding tert-OH is 2. The highest BCUT2D eigenvalue weighted by molar-refractivity contribution is 5.78. The van der Waals surface area contributed by atoms with E-state index in [4.69, 9.17) is 9.84 Å². The summed E-state index contributed by atoms with van der Waals surface area (Å²) in [6, 6.07) is 17.3. The molecular formula is C29H31N7O4. The number of aromatic nitrogens is 2. The molecule has 0 atom stereocenters. The largest absolute Gasteiger partial charge is 0.464 e. The molecule has 11 nitrogen and oxygen atoms in total. The number of nitriles is 1. The Morgan fingerprint density at radius 1 is 1.10 bits per heavy atom. The Labute approximate surface area is 232 Å². The van der Waals surface area contributed by atoms with Crippen LogP contribution in [0.5, 0.6) is 5.75 Å². The Morgan fingerprint density at radius 3 is 2.73 bits per heavy atom. The van der Waals surface area contributed by atoms with Crippen molar-refractivity contribution in [3.8, 4) is 23.1 Å². The van der Waals surface area contributed by atoms with E-state index < -0.39 is 6.61 Å². The summed E-state index contributed by atoms with van der Waals surface area (Å²) in [5, 5.41) is 31.4. The lowest BCUT2D eigenvalue weighted by Gasteiger charge is -2.35. The molecule has 2 fully saturated rings. The summed E-state index contributed by atoms with van der Waals surface area (Å²) >= 11 is 0. The molecule has 1 amide bonds. The lowest BCUT2D eigenvalue weighted by Crippen LogP contribution is -2.46. The topological polar surface area (TPSA) is 138 Å². The summed E-state index contributed by atoms with van der Waals surface area (Å²) in [7, 11) is 0. The van der Waals surface area contributed by atoms with E-state index >= 15 is 0 Å². The summed E-state index contributed by atoms with van der Waals surface area (Å²) in [5.41, 5.74) is 4.63. The number of ether oxygens (including phenoxy) is 1. The molecule has 2 saturated heterocycles. The zero-order chi connectivity index (χ0) is 27.9. The number of hydrogen-bond acceptors (Lipinski definition) is 10. The number of rotatable bonds is 8. The number of benzene rings is 2. The second-order valence-corrected chi connectivity index (χ2v) is 9.63.